The maximum absolute atomic E-state index is 13.1. The van der Waals surface area contributed by atoms with E-state index in [1.807, 2.05) is 11.0 Å². The Morgan fingerprint density at radius 3 is 2.26 bits per heavy atom. The summed E-state index contributed by atoms with van der Waals surface area (Å²) in [4.78, 5) is 33.4. The van der Waals surface area contributed by atoms with Gasteiger partial charge < -0.3 is 14.7 Å². The second kappa shape index (κ2) is 8.82. The number of piperazine rings is 1. The zero-order valence-corrected chi connectivity index (χ0v) is 18.5. The van der Waals surface area contributed by atoms with Crippen LogP contribution in [0.4, 0.5) is 16.0 Å². The quantitative estimate of drug-likeness (QED) is 0.726. The van der Waals surface area contributed by atoms with E-state index in [1.54, 1.807) is 4.90 Å². The lowest BCUT2D eigenvalue weighted by Gasteiger charge is -2.39. The van der Waals surface area contributed by atoms with Crippen molar-refractivity contribution in [3.05, 3.63) is 30.3 Å². The Hall–Kier alpha value is -2.68. The average Bonchev–Trinajstić information content (AvgIpc) is 3.48. The van der Waals surface area contributed by atoms with E-state index in [4.69, 9.17) is 0 Å². The van der Waals surface area contributed by atoms with E-state index in [9.17, 15) is 9.59 Å². The molecule has 8 nitrogen and oxygen atoms in total. The summed E-state index contributed by atoms with van der Waals surface area (Å²) >= 11 is 1.48. The Morgan fingerprint density at radius 2 is 1.58 bits per heavy atom. The molecule has 1 aromatic heterocycles. The molecule has 0 saturated carbocycles. The van der Waals surface area contributed by atoms with Gasteiger partial charge in [-0.3, -0.25) is 14.5 Å². The largest absolute Gasteiger partial charge is 0.368 e. The third-order valence-corrected chi connectivity index (χ3v) is 7.54. The number of aromatic nitrogens is 2. The van der Waals surface area contributed by atoms with Crippen molar-refractivity contribution < 1.29 is 9.59 Å². The van der Waals surface area contributed by atoms with Crippen LogP contribution >= 0.6 is 11.3 Å². The number of para-hydroxylation sites is 1. The predicted octanol–water partition coefficient (Wildman–Crippen LogP) is 2.23. The Bertz CT molecular complexity index is 919. The van der Waals surface area contributed by atoms with E-state index >= 15 is 0 Å². The van der Waals surface area contributed by atoms with Gasteiger partial charge in [0.25, 0.3) is 0 Å². The molecule has 3 aliphatic rings. The van der Waals surface area contributed by atoms with Crippen LogP contribution in [0.5, 0.6) is 0 Å². The molecular formula is C22H28N6O2S. The van der Waals surface area contributed by atoms with Crippen LogP contribution < -0.4 is 14.7 Å². The van der Waals surface area contributed by atoms with Crippen LogP contribution in [0.15, 0.2) is 30.3 Å². The van der Waals surface area contributed by atoms with E-state index in [-0.39, 0.29) is 11.8 Å². The van der Waals surface area contributed by atoms with Gasteiger partial charge in [-0.15, -0.1) is 10.2 Å². The number of rotatable bonds is 4. The SMILES string of the molecule is O=C(C1CCN(c2nnc(N3CCCC3=O)s2)CC1)N1CCN(c2ccccc2)CC1. The number of anilines is 3. The molecular weight excluding hydrogens is 412 g/mol. The smallest absolute Gasteiger partial charge is 0.228 e. The molecule has 0 aliphatic carbocycles. The number of nitrogens with zero attached hydrogens (tertiary/aromatic N) is 6. The average molecular weight is 441 g/mol. The molecule has 3 saturated heterocycles. The first-order chi connectivity index (χ1) is 15.2. The van der Waals surface area contributed by atoms with Gasteiger partial charge in [0, 0.05) is 63.8 Å². The molecule has 3 aliphatic heterocycles. The van der Waals surface area contributed by atoms with Crippen molar-refractivity contribution in [3.63, 3.8) is 0 Å². The third-order valence-electron chi connectivity index (χ3n) is 6.54. The van der Waals surface area contributed by atoms with Gasteiger partial charge in [0.05, 0.1) is 0 Å². The first kappa shape index (κ1) is 20.2. The zero-order chi connectivity index (χ0) is 21.2. The standard InChI is InChI=1S/C22H28N6O2S/c29-19-7-4-10-28(19)22-24-23-21(31-22)27-11-8-17(9-12-27)20(30)26-15-13-25(14-16-26)18-5-2-1-3-6-18/h1-3,5-6,17H,4,7-16H2. The van der Waals surface area contributed by atoms with Gasteiger partial charge in [-0.25, -0.2) is 0 Å². The molecule has 0 atom stereocenters. The minimum absolute atomic E-state index is 0.0899. The molecule has 2 aromatic rings. The lowest BCUT2D eigenvalue weighted by atomic mass is 9.95. The summed E-state index contributed by atoms with van der Waals surface area (Å²) in [5, 5.41) is 10.1. The van der Waals surface area contributed by atoms with Crippen molar-refractivity contribution in [1.82, 2.24) is 15.1 Å². The summed E-state index contributed by atoms with van der Waals surface area (Å²) in [6.45, 7) is 5.71. The molecule has 5 rings (SSSR count). The normalized spacial score (nSPS) is 20.6. The highest BCUT2D eigenvalue weighted by molar-refractivity contribution is 7.19. The number of benzene rings is 1. The summed E-state index contributed by atoms with van der Waals surface area (Å²) in [6.07, 6.45) is 3.17. The molecule has 0 N–H and O–H groups in total. The summed E-state index contributed by atoms with van der Waals surface area (Å²) in [6, 6.07) is 10.4. The topological polar surface area (TPSA) is 72.9 Å². The second-order valence-corrected chi connectivity index (χ2v) is 9.36. The van der Waals surface area contributed by atoms with Crippen molar-refractivity contribution in [2.45, 2.75) is 25.7 Å². The molecule has 0 bridgehead atoms. The highest BCUT2D eigenvalue weighted by Crippen LogP contribution is 2.32. The van der Waals surface area contributed by atoms with Gasteiger partial charge in [-0.1, -0.05) is 29.5 Å². The number of piperidine rings is 1. The number of amides is 2. The fourth-order valence-corrected chi connectivity index (χ4v) is 5.64. The molecule has 1 aromatic carbocycles. The van der Waals surface area contributed by atoms with Crippen LogP contribution in [-0.4, -0.2) is 72.7 Å². The molecule has 2 amide bonds. The van der Waals surface area contributed by atoms with E-state index in [2.05, 4.69) is 44.3 Å². The Kier molecular flexibility index (Phi) is 5.76. The monoisotopic (exact) mass is 440 g/mol. The lowest BCUT2D eigenvalue weighted by Crippen LogP contribution is -2.51. The lowest BCUT2D eigenvalue weighted by molar-refractivity contribution is -0.136. The van der Waals surface area contributed by atoms with E-state index in [0.717, 1.165) is 70.2 Å². The van der Waals surface area contributed by atoms with Crippen molar-refractivity contribution in [1.29, 1.82) is 0 Å². The van der Waals surface area contributed by atoms with Gasteiger partial charge >= 0.3 is 0 Å². The van der Waals surface area contributed by atoms with Crippen molar-refractivity contribution in [2.24, 2.45) is 5.92 Å². The molecule has 3 fully saturated rings. The van der Waals surface area contributed by atoms with Crippen LogP contribution in [0.25, 0.3) is 0 Å². The van der Waals surface area contributed by atoms with Crippen LogP contribution in [0.2, 0.25) is 0 Å². The molecule has 0 radical (unpaired) electrons. The second-order valence-electron chi connectivity index (χ2n) is 8.43. The first-order valence-corrected chi connectivity index (χ1v) is 12.0. The fraction of sp³-hybridized carbons (Fsp3) is 0.545. The van der Waals surface area contributed by atoms with Crippen LogP contribution in [0, 0.1) is 5.92 Å². The number of hydrogen-bond acceptors (Lipinski definition) is 7. The van der Waals surface area contributed by atoms with Crippen molar-refractivity contribution in [2.75, 3.05) is 60.5 Å². The van der Waals surface area contributed by atoms with E-state index in [1.165, 1.54) is 17.0 Å². The molecule has 9 heteroatoms. The third kappa shape index (κ3) is 4.23. The Balaban J connectivity index is 1.12. The minimum atomic E-state index is 0.0899. The van der Waals surface area contributed by atoms with Gasteiger partial charge in [-0.05, 0) is 31.4 Å². The molecule has 31 heavy (non-hydrogen) atoms. The minimum Gasteiger partial charge on any atom is -0.368 e. The number of carbonyl (C=O) groups is 2. The van der Waals surface area contributed by atoms with Gasteiger partial charge in [0.2, 0.25) is 22.1 Å². The van der Waals surface area contributed by atoms with Gasteiger partial charge in [0.15, 0.2) is 0 Å². The summed E-state index contributed by atoms with van der Waals surface area (Å²) < 4.78 is 0. The molecule has 164 valence electrons. The van der Waals surface area contributed by atoms with Crippen LogP contribution in [-0.2, 0) is 9.59 Å². The van der Waals surface area contributed by atoms with E-state index < -0.39 is 0 Å². The fourth-order valence-electron chi connectivity index (χ4n) is 4.70. The maximum Gasteiger partial charge on any atom is 0.228 e. The number of hydrogen-bond donors (Lipinski definition) is 0. The van der Waals surface area contributed by atoms with Crippen LogP contribution in [0.1, 0.15) is 25.7 Å². The molecule has 0 spiro atoms. The van der Waals surface area contributed by atoms with Crippen molar-refractivity contribution in [3.8, 4) is 0 Å². The first-order valence-electron chi connectivity index (χ1n) is 11.2. The molecule has 4 heterocycles. The van der Waals surface area contributed by atoms with E-state index in [0.29, 0.717) is 17.5 Å². The van der Waals surface area contributed by atoms with Crippen LogP contribution in [0.3, 0.4) is 0 Å². The highest BCUT2D eigenvalue weighted by atomic mass is 32.1. The Morgan fingerprint density at radius 1 is 0.871 bits per heavy atom. The maximum atomic E-state index is 13.1. The zero-order valence-electron chi connectivity index (χ0n) is 17.7. The predicted molar refractivity (Wildman–Crippen MR) is 122 cm³/mol. The summed E-state index contributed by atoms with van der Waals surface area (Å²) in [5.41, 5.74) is 1.23. The van der Waals surface area contributed by atoms with Gasteiger partial charge in [0.1, 0.15) is 0 Å². The molecule has 0 unspecified atom stereocenters. The Labute approximate surface area is 186 Å². The highest BCUT2D eigenvalue weighted by Gasteiger charge is 2.32. The van der Waals surface area contributed by atoms with Gasteiger partial charge in [-0.2, -0.15) is 0 Å². The number of carbonyl (C=O) groups excluding carboxylic acids is 2. The summed E-state index contributed by atoms with van der Waals surface area (Å²) in [5.74, 6) is 0.527. The van der Waals surface area contributed by atoms with Crippen molar-refractivity contribution >= 4 is 39.1 Å². The summed E-state index contributed by atoms with van der Waals surface area (Å²) in [7, 11) is 0.